The minimum atomic E-state index is -4.30. The predicted octanol–water partition coefficient (Wildman–Crippen LogP) is 2.05. The number of ether oxygens (including phenoxy) is 1. The van der Waals surface area contributed by atoms with Gasteiger partial charge in [-0.05, 0) is 29.8 Å². The van der Waals surface area contributed by atoms with Gasteiger partial charge in [0.25, 0.3) is 21.8 Å². The highest BCUT2D eigenvalue weighted by molar-refractivity contribution is 7.90. The van der Waals surface area contributed by atoms with E-state index in [1.807, 2.05) is 30.3 Å². The molecule has 0 saturated heterocycles. The SMILES string of the molecule is NC(=O)COc1ccc2c(c1)S(=O)(=O)N=C(C1=C(O)C(c3ccccn3)N(Cc3ccccc3)C1=O)N2. The lowest BCUT2D eigenvalue weighted by Crippen LogP contribution is -2.33. The van der Waals surface area contributed by atoms with Crippen LogP contribution in [0.15, 0.2) is 93.6 Å². The largest absolute Gasteiger partial charge is 0.509 e. The van der Waals surface area contributed by atoms with Crippen LogP contribution in [0.1, 0.15) is 17.3 Å². The Labute approximate surface area is 212 Å². The molecule has 5 rings (SSSR count). The minimum absolute atomic E-state index is 0.102. The molecule has 0 fully saturated rings. The molecule has 2 aromatic carbocycles. The first-order valence-corrected chi connectivity index (χ1v) is 12.5. The standard InChI is InChI=1S/C25H21N5O6S/c26-20(31)14-36-16-9-10-17-19(12-16)37(34,35)29-24(28-17)21-23(32)22(18-8-4-5-11-27-18)30(25(21)33)13-15-6-2-1-3-7-15/h1-12,22,32H,13-14H2,(H2,26,31)(H,28,29). The van der Waals surface area contributed by atoms with E-state index in [0.29, 0.717) is 5.69 Å². The van der Waals surface area contributed by atoms with Crippen LogP contribution in [0.3, 0.4) is 0 Å². The molecule has 11 nitrogen and oxygen atoms in total. The summed E-state index contributed by atoms with van der Waals surface area (Å²) in [7, 11) is -4.30. The number of amides is 2. The molecule has 3 heterocycles. The lowest BCUT2D eigenvalue weighted by Gasteiger charge is -2.25. The van der Waals surface area contributed by atoms with Crippen molar-refractivity contribution < 1.29 is 27.9 Å². The van der Waals surface area contributed by atoms with Crippen LogP contribution >= 0.6 is 0 Å². The fourth-order valence-electron chi connectivity index (χ4n) is 4.15. The molecule has 4 N–H and O–H groups in total. The second-order valence-electron chi connectivity index (χ2n) is 8.29. The second kappa shape index (κ2) is 9.39. The summed E-state index contributed by atoms with van der Waals surface area (Å²) >= 11 is 0. The average Bonchev–Trinajstić information content (AvgIpc) is 3.12. The summed E-state index contributed by atoms with van der Waals surface area (Å²) in [5.41, 5.74) is 6.15. The highest BCUT2D eigenvalue weighted by atomic mass is 32.2. The Morgan fingerprint density at radius 2 is 1.86 bits per heavy atom. The van der Waals surface area contributed by atoms with E-state index in [1.165, 1.54) is 23.1 Å². The topological polar surface area (TPSA) is 164 Å². The van der Waals surface area contributed by atoms with E-state index in [0.717, 1.165) is 5.56 Å². The minimum Gasteiger partial charge on any atom is -0.509 e. The molecule has 0 bridgehead atoms. The van der Waals surface area contributed by atoms with Gasteiger partial charge in [-0.15, -0.1) is 4.40 Å². The Balaban J connectivity index is 1.54. The van der Waals surface area contributed by atoms with Crippen LogP contribution in [0, 0.1) is 0 Å². The maximum Gasteiger partial charge on any atom is 0.286 e. The van der Waals surface area contributed by atoms with E-state index >= 15 is 0 Å². The zero-order valence-electron chi connectivity index (χ0n) is 19.2. The maximum absolute atomic E-state index is 13.6. The smallest absolute Gasteiger partial charge is 0.286 e. The third-order valence-electron chi connectivity index (χ3n) is 5.78. The molecule has 37 heavy (non-hydrogen) atoms. The molecule has 0 aliphatic carbocycles. The van der Waals surface area contributed by atoms with E-state index in [9.17, 15) is 23.1 Å². The van der Waals surface area contributed by atoms with Gasteiger partial charge in [0.05, 0.1) is 11.4 Å². The Kier molecular flexibility index (Phi) is 6.09. The van der Waals surface area contributed by atoms with Crippen LogP contribution in [0.2, 0.25) is 0 Å². The Bertz CT molecular complexity index is 1550. The zero-order valence-corrected chi connectivity index (χ0v) is 20.1. The third kappa shape index (κ3) is 4.61. The van der Waals surface area contributed by atoms with Gasteiger partial charge in [0.15, 0.2) is 12.4 Å². The van der Waals surface area contributed by atoms with Crippen LogP contribution in [0.25, 0.3) is 0 Å². The van der Waals surface area contributed by atoms with Crippen molar-refractivity contribution in [2.24, 2.45) is 10.1 Å². The van der Waals surface area contributed by atoms with Crippen molar-refractivity contribution >= 4 is 33.4 Å². The fraction of sp³-hybridized carbons (Fsp3) is 0.120. The molecule has 1 aromatic heterocycles. The molecule has 2 amide bonds. The summed E-state index contributed by atoms with van der Waals surface area (Å²) in [5.74, 6) is -1.90. The number of nitrogens with two attached hydrogens (primary N) is 1. The van der Waals surface area contributed by atoms with Crippen molar-refractivity contribution in [1.82, 2.24) is 9.88 Å². The maximum atomic E-state index is 13.6. The summed E-state index contributed by atoms with van der Waals surface area (Å²) in [6.07, 6.45) is 1.54. The van der Waals surface area contributed by atoms with Gasteiger partial charge in [-0.25, -0.2) is 0 Å². The zero-order chi connectivity index (χ0) is 26.2. The van der Waals surface area contributed by atoms with E-state index in [-0.39, 0.29) is 40.0 Å². The molecule has 2 aliphatic heterocycles. The number of nitrogens with zero attached hydrogens (tertiary/aromatic N) is 3. The number of carbonyl (C=O) groups excluding carboxylic acids is 2. The van der Waals surface area contributed by atoms with E-state index < -0.39 is 34.5 Å². The van der Waals surface area contributed by atoms with E-state index in [4.69, 9.17) is 10.5 Å². The first-order chi connectivity index (χ1) is 17.7. The number of primary amides is 1. The van der Waals surface area contributed by atoms with Gasteiger partial charge < -0.3 is 25.8 Å². The number of sulfonamides is 1. The fourth-order valence-corrected chi connectivity index (χ4v) is 5.29. The number of aromatic nitrogens is 1. The number of rotatable bonds is 7. The second-order valence-corrected chi connectivity index (χ2v) is 9.86. The summed E-state index contributed by atoms with van der Waals surface area (Å²) in [4.78, 5) is 30.1. The molecule has 0 spiro atoms. The molecule has 188 valence electrons. The number of pyridine rings is 1. The van der Waals surface area contributed by atoms with Crippen molar-refractivity contribution in [2.75, 3.05) is 11.9 Å². The number of anilines is 1. The molecular formula is C25H21N5O6S. The molecular weight excluding hydrogens is 498 g/mol. The lowest BCUT2D eigenvalue weighted by molar-refractivity contribution is -0.127. The summed E-state index contributed by atoms with van der Waals surface area (Å²) in [6.45, 7) is -0.284. The van der Waals surface area contributed by atoms with Crippen LogP contribution in [-0.4, -0.2) is 47.7 Å². The van der Waals surface area contributed by atoms with Gasteiger partial charge in [0.1, 0.15) is 28.0 Å². The molecule has 3 aromatic rings. The van der Waals surface area contributed by atoms with Crippen molar-refractivity contribution in [2.45, 2.75) is 17.5 Å². The van der Waals surface area contributed by atoms with Gasteiger partial charge in [-0.2, -0.15) is 8.42 Å². The Morgan fingerprint density at radius 3 is 2.57 bits per heavy atom. The number of amidine groups is 1. The first kappa shape index (κ1) is 24.0. The normalized spacial score (nSPS) is 18.2. The summed E-state index contributed by atoms with van der Waals surface area (Å²) in [6, 6.07) is 17.4. The van der Waals surface area contributed by atoms with Gasteiger partial charge in [0, 0.05) is 18.8 Å². The van der Waals surface area contributed by atoms with Crippen LogP contribution < -0.4 is 15.8 Å². The molecule has 2 aliphatic rings. The highest BCUT2D eigenvalue weighted by Crippen LogP contribution is 2.39. The average molecular weight is 520 g/mol. The number of aliphatic hydroxyl groups is 1. The number of aliphatic hydroxyl groups excluding tert-OH is 1. The first-order valence-electron chi connectivity index (χ1n) is 11.1. The highest BCUT2D eigenvalue weighted by Gasteiger charge is 2.44. The van der Waals surface area contributed by atoms with Gasteiger partial charge in [-0.1, -0.05) is 36.4 Å². The van der Waals surface area contributed by atoms with Crippen LogP contribution in [-0.2, 0) is 26.2 Å². The molecule has 1 unspecified atom stereocenters. The Hall–Kier alpha value is -4.71. The molecule has 0 radical (unpaired) electrons. The number of carbonyl (C=O) groups is 2. The van der Waals surface area contributed by atoms with E-state index in [1.54, 1.807) is 24.4 Å². The Morgan fingerprint density at radius 1 is 1.11 bits per heavy atom. The third-order valence-corrected chi connectivity index (χ3v) is 7.10. The van der Waals surface area contributed by atoms with Crippen molar-refractivity contribution in [3.8, 4) is 5.75 Å². The number of benzene rings is 2. The van der Waals surface area contributed by atoms with Gasteiger partial charge >= 0.3 is 0 Å². The number of hydrogen-bond acceptors (Lipinski definition) is 8. The molecule has 12 heteroatoms. The molecule has 1 atom stereocenters. The van der Waals surface area contributed by atoms with E-state index in [2.05, 4.69) is 14.7 Å². The quantitative estimate of drug-likeness (QED) is 0.427. The lowest BCUT2D eigenvalue weighted by atomic mass is 10.1. The number of hydrogen-bond donors (Lipinski definition) is 3. The van der Waals surface area contributed by atoms with Crippen molar-refractivity contribution in [3.63, 3.8) is 0 Å². The molecule has 0 saturated carbocycles. The van der Waals surface area contributed by atoms with Crippen LogP contribution in [0.4, 0.5) is 5.69 Å². The van der Waals surface area contributed by atoms with Gasteiger partial charge in [0.2, 0.25) is 0 Å². The van der Waals surface area contributed by atoms with Gasteiger partial charge in [-0.3, -0.25) is 14.6 Å². The summed E-state index contributed by atoms with van der Waals surface area (Å²) < 4.78 is 35.1. The van der Waals surface area contributed by atoms with Crippen LogP contribution in [0.5, 0.6) is 5.75 Å². The number of nitrogens with one attached hydrogen (secondary N) is 1. The van der Waals surface area contributed by atoms with Crippen molar-refractivity contribution in [1.29, 1.82) is 0 Å². The number of fused-ring (bicyclic) bond motifs is 1. The summed E-state index contributed by atoms with van der Waals surface area (Å²) in [5, 5.41) is 14.1. The monoisotopic (exact) mass is 519 g/mol. The van der Waals surface area contributed by atoms with Crippen molar-refractivity contribution in [3.05, 3.63) is 95.5 Å². The predicted molar refractivity (Wildman–Crippen MR) is 133 cm³/mol.